The molecule has 0 aliphatic carbocycles. The Hall–Kier alpha value is -3.27. The summed E-state index contributed by atoms with van der Waals surface area (Å²) in [6.45, 7) is 10.0. The second-order valence-electron chi connectivity index (χ2n) is 7.33. The molecule has 0 amide bonds. The van der Waals surface area contributed by atoms with Crippen molar-refractivity contribution in [1.82, 2.24) is 0 Å². The van der Waals surface area contributed by atoms with Crippen LogP contribution in [0.3, 0.4) is 0 Å². The Morgan fingerprint density at radius 1 is 1.03 bits per heavy atom. The predicted octanol–water partition coefficient (Wildman–Crippen LogP) is 6.24. The third kappa shape index (κ3) is 7.00. The quantitative estimate of drug-likeness (QED) is 0.250. The second-order valence-corrected chi connectivity index (χ2v) is 7.33. The Bertz CT molecular complexity index is 940. The monoisotopic (exact) mass is 392 g/mol. The van der Waals surface area contributed by atoms with Gasteiger partial charge in [0.1, 0.15) is 29.4 Å². The molecule has 0 saturated carbocycles. The van der Waals surface area contributed by atoms with Crippen LogP contribution >= 0.6 is 0 Å². The highest BCUT2D eigenvalue weighted by atomic mass is 16.5. The molecule has 0 heterocycles. The van der Waals surface area contributed by atoms with Gasteiger partial charge in [0.25, 0.3) is 0 Å². The molecule has 0 bridgehead atoms. The van der Waals surface area contributed by atoms with Crippen molar-refractivity contribution in [3.63, 3.8) is 0 Å². The lowest BCUT2D eigenvalue weighted by Crippen LogP contribution is -2.04. The van der Waals surface area contributed by atoms with Gasteiger partial charge in [0.15, 0.2) is 5.78 Å². The number of phenolic OH excluding ortho intramolecular Hbond substituents is 1. The average molecular weight is 392 g/mol. The molecule has 152 valence electrons. The summed E-state index contributed by atoms with van der Waals surface area (Å²) in [5, 5.41) is 10.5. The Morgan fingerprint density at radius 3 is 2.34 bits per heavy atom. The third-order valence-corrected chi connectivity index (χ3v) is 3.97. The minimum Gasteiger partial charge on any atom is -0.507 e. The summed E-state index contributed by atoms with van der Waals surface area (Å²) in [5.74, 6) is 0.146. The standard InChI is InChI=1S/C25H28O4/c1-17(2)12-13-28-24-15-21(29-16-18(3)4)14-23(27)25(24)22(26)11-10-20-8-6-19(5)7-9-20/h6-12,14-16,27H,13H2,1-5H3/b11-10+. The zero-order valence-corrected chi connectivity index (χ0v) is 17.7. The molecule has 2 aromatic carbocycles. The van der Waals surface area contributed by atoms with Crippen LogP contribution in [0.4, 0.5) is 0 Å². The maximum Gasteiger partial charge on any atom is 0.193 e. The summed E-state index contributed by atoms with van der Waals surface area (Å²) in [6.07, 6.45) is 6.63. The Labute approximate surface area is 172 Å². The number of ether oxygens (including phenoxy) is 2. The topological polar surface area (TPSA) is 55.8 Å². The highest BCUT2D eigenvalue weighted by Crippen LogP contribution is 2.34. The molecule has 0 saturated heterocycles. The maximum atomic E-state index is 12.8. The van der Waals surface area contributed by atoms with Crippen molar-refractivity contribution < 1.29 is 19.4 Å². The van der Waals surface area contributed by atoms with E-state index in [9.17, 15) is 9.90 Å². The molecule has 4 nitrogen and oxygen atoms in total. The first-order valence-electron chi connectivity index (χ1n) is 9.48. The highest BCUT2D eigenvalue weighted by molar-refractivity contribution is 6.10. The van der Waals surface area contributed by atoms with E-state index in [1.807, 2.05) is 65.0 Å². The first kappa shape index (κ1) is 22.0. The van der Waals surface area contributed by atoms with Crippen molar-refractivity contribution in [2.45, 2.75) is 34.6 Å². The van der Waals surface area contributed by atoms with Crippen LogP contribution in [0.5, 0.6) is 17.2 Å². The predicted molar refractivity (Wildman–Crippen MR) is 118 cm³/mol. The van der Waals surface area contributed by atoms with Crippen LogP contribution in [0, 0.1) is 6.92 Å². The van der Waals surface area contributed by atoms with Crippen molar-refractivity contribution in [1.29, 1.82) is 0 Å². The number of aryl methyl sites for hydroxylation is 1. The molecule has 2 aromatic rings. The Kier molecular flexibility index (Phi) is 7.84. The molecule has 0 spiro atoms. The van der Waals surface area contributed by atoms with Crippen molar-refractivity contribution in [3.05, 3.63) is 82.6 Å². The summed E-state index contributed by atoms with van der Waals surface area (Å²) >= 11 is 0. The molecule has 1 N–H and O–H groups in total. The van der Waals surface area contributed by atoms with Crippen molar-refractivity contribution in [2.24, 2.45) is 0 Å². The number of carbonyl (C=O) groups excluding carboxylic acids is 1. The van der Waals surface area contributed by atoms with E-state index >= 15 is 0 Å². The number of ketones is 1. The van der Waals surface area contributed by atoms with Gasteiger partial charge in [0.2, 0.25) is 0 Å². The minimum absolute atomic E-state index is 0.111. The number of rotatable bonds is 8. The first-order chi connectivity index (χ1) is 13.8. The van der Waals surface area contributed by atoms with Gasteiger partial charge in [-0.25, -0.2) is 0 Å². The van der Waals surface area contributed by atoms with Gasteiger partial charge in [-0.1, -0.05) is 41.5 Å². The van der Waals surface area contributed by atoms with Gasteiger partial charge in [-0.2, -0.15) is 0 Å². The average Bonchev–Trinajstić information content (AvgIpc) is 2.65. The van der Waals surface area contributed by atoms with Crippen molar-refractivity contribution in [3.8, 4) is 17.2 Å². The van der Waals surface area contributed by atoms with E-state index in [2.05, 4.69) is 0 Å². The number of aromatic hydroxyl groups is 1. The highest BCUT2D eigenvalue weighted by Gasteiger charge is 2.18. The Morgan fingerprint density at radius 2 is 1.72 bits per heavy atom. The first-order valence-corrected chi connectivity index (χ1v) is 9.48. The molecule has 0 aliphatic rings. The SMILES string of the molecule is CC(C)=CCOc1cc(OC=C(C)C)cc(O)c1C(=O)/C=C/c1ccc(C)cc1. The lowest BCUT2D eigenvalue weighted by atomic mass is 10.1. The van der Waals surface area contributed by atoms with E-state index in [-0.39, 0.29) is 29.5 Å². The van der Waals surface area contributed by atoms with Gasteiger partial charge in [-0.3, -0.25) is 4.79 Å². The summed E-state index contributed by atoms with van der Waals surface area (Å²) < 4.78 is 11.3. The number of carbonyl (C=O) groups is 1. The second kappa shape index (κ2) is 10.3. The summed E-state index contributed by atoms with van der Waals surface area (Å²) in [7, 11) is 0. The fraction of sp³-hybridized carbons (Fsp3) is 0.240. The van der Waals surface area contributed by atoms with Crippen LogP contribution in [-0.4, -0.2) is 17.5 Å². The molecular formula is C25H28O4. The Balaban J connectivity index is 2.35. The molecule has 0 radical (unpaired) electrons. The van der Waals surface area contributed by atoms with E-state index < -0.39 is 0 Å². The third-order valence-electron chi connectivity index (χ3n) is 3.97. The van der Waals surface area contributed by atoms with E-state index in [0.29, 0.717) is 5.75 Å². The zero-order chi connectivity index (χ0) is 21.4. The van der Waals surface area contributed by atoms with Gasteiger partial charge in [0, 0.05) is 12.1 Å². The molecule has 0 aliphatic heterocycles. The van der Waals surface area contributed by atoms with E-state index in [4.69, 9.17) is 9.47 Å². The molecular weight excluding hydrogens is 364 g/mol. The summed E-state index contributed by atoms with van der Waals surface area (Å²) in [6, 6.07) is 10.9. The van der Waals surface area contributed by atoms with Crippen LogP contribution in [-0.2, 0) is 0 Å². The fourth-order valence-corrected chi connectivity index (χ4v) is 2.42. The van der Waals surface area contributed by atoms with Gasteiger partial charge < -0.3 is 14.6 Å². The van der Waals surface area contributed by atoms with Gasteiger partial charge in [0.05, 0.1) is 6.26 Å². The largest absolute Gasteiger partial charge is 0.507 e. The lowest BCUT2D eigenvalue weighted by Gasteiger charge is -2.12. The molecule has 0 unspecified atom stereocenters. The van der Waals surface area contributed by atoms with Crippen LogP contribution in [0.1, 0.15) is 49.2 Å². The molecule has 0 aromatic heterocycles. The zero-order valence-electron chi connectivity index (χ0n) is 17.7. The number of hydrogen-bond donors (Lipinski definition) is 1. The summed E-state index contributed by atoms with van der Waals surface area (Å²) in [4.78, 5) is 12.8. The molecule has 4 heteroatoms. The van der Waals surface area contributed by atoms with Gasteiger partial charge in [-0.05, 0) is 57.9 Å². The molecule has 0 fully saturated rings. The van der Waals surface area contributed by atoms with Crippen molar-refractivity contribution >= 4 is 11.9 Å². The lowest BCUT2D eigenvalue weighted by molar-refractivity contribution is 0.104. The minimum atomic E-state index is -0.343. The van der Waals surface area contributed by atoms with Crippen LogP contribution in [0.2, 0.25) is 0 Å². The van der Waals surface area contributed by atoms with Gasteiger partial charge in [-0.15, -0.1) is 0 Å². The maximum absolute atomic E-state index is 12.8. The summed E-state index contributed by atoms with van der Waals surface area (Å²) in [5.41, 5.74) is 4.23. The normalized spacial score (nSPS) is 10.5. The van der Waals surface area contributed by atoms with Crippen LogP contribution < -0.4 is 9.47 Å². The smallest absolute Gasteiger partial charge is 0.193 e. The molecule has 0 atom stereocenters. The number of phenols is 1. The van der Waals surface area contributed by atoms with Crippen LogP contribution in [0.15, 0.2) is 66.0 Å². The van der Waals surface area contributed by atoms with E-state index in [1.54, 1.807) is 18.4 Å². The number of hydrogen-bond acceptors (Lipinski definition) is 4. The van der Waals surface area contributed by atoms with Gasteiger partial charge >= 0.3 is 0 Å². The number of benzene rings is 2. The molecule has 2 rings (SSSR count). The van der Waals surface area contributed by atoms with Crippen molar-refractivity contribution in [2.75, 3.05) is 6.61 Å². The number of allylic oxidation sites excluding steroid dienone is 3. The van der Waals surface area contributed by atoms with E-state index in [1.165, 1.54) is 12.1 Å². The van der Waals surface area contributed by atoms with E-state index in [0.717, 1.165) is 22.3 Å². The van der Waals surface area contributed by atoms with Crippen LogP contribution in [0.25, 0.3) is 6.08 Å². The molecule has 29 heavy (non-hydrogen) atoms. The fourth-order valence-electron chi connectivity index (χ4n) is 2.42.